The quantitative estimate of drug-likeness (QED) is 0.308. The minimum atomic E-state index is -0.457. The van der Waals surface area contributed by atoms with Crippen LogP contribution in [0.4, 0.5) is 0 Å². The summed E-state index contributed by atoms with van der Waals surface area (Å²) >= 11 is 0. The zero-order valence-electron chi connectivity index (χ0n) is 22.5. The molecule has 2 aromatic carbocycles. The number of ether oxygens (including phenoxy) is 1. The van der Waals surface area contributed by atoms with Crippen molar-refractivity contribution in [3.8, 4) is 16.9 Å². The number of nitrogens with zero attached hydrogens (tertiary/aromatic N) is 5. The lowest BCUT2D eigenvalue weighted by atomic mass is 9.93. The topological polar surface area (TPSA) is 84.6 Å². The number of carbonyl (C=O) groups excluding carboxylic acids is 1. The molecule has 1 N–H and O–H groups in total. The van der Waals surface area contributed by atoms with Gasteiger partial charge in [0.15, 0.2) is 5.65 Å². The second kappa shape index (κ2) is 9.53. The van der Waals surface area contributed by atoms with Crippen LogP contribution in [-0.4, -0.2) is 66.0 Å². The summed E-state index contributed by atoms with van der Waals surface area (Å²) in [5.74, 6) is 0.583. The Kier molecular flexibility index (Phi) is 5.94. The predicted octanol–water partition coefficient (Wildman–Crippen LogP) is 4.25. The lowest BCUT2D eigenvalue weighted by molar-refractivity contribution is 0.0562. The highest BCUT2D eigenvalue weighted by atomic mass is 28.1. The molecule has 1 saturated heterocycles. The van der Waals surface area contributed by atoms with Gasteiger partial charge in [-0.1, -0.05) is 12.1 Å². The summed E-state index contributed by atoms with van der Waals surface area (Å²) < 4.78 is 7.95. The molecule has 2 aliphatic rings. The maximum Gasteiger partial charge on any atom is 0.252 e. The van der Waals surface area contributed by atoms with E-state index < -0.39 is 5.54 Å². The number of aromatic nitrogens is 4. The largest absolute Gasteiger partial charge is 0.493 e. The number of fused-ring (bicyclic) bond motifs is 2. The van der Waals surface area contributed by atoms with Gasteiger partial charge in [-0.05, 0) is 98.9 Å². The smallest absolute Gasteiger partial charge is 0.252 e. The molecule has 1 unspecified atom stereocenters. The molecule has 1 aliphatic heterocycles. The van der Waals surface area contributed by atoms with Crippen LogP contribution in [0.2, 0.25) is 0 Å². The Balaban J connectivity index is 1.21. The first-order valence-electron chi connectivity index (χ1n) is 13.6. The van der Waals surface area contributed by atoms with Gasteiger partial charge in [0.25, 0.3) is 5.91 Å². The first-order chi connectivity index (χ1) is 19.4. The number of likely N-dealkylation sites (tertiary alicyclic amines) is 1. The summed E-state index contributed by atoms with van der Waals surface area (Å²) in [6, 6.07) is 18.4. The summed E-state index contributed by atoms with van der Waals surface area (Å²) in [5, 5.41) is 8.74. The molecule has 3 radical (unpaired) electrons. The van der Waals surface area contributed by atoms with Crippen LogP contribution in [0.25, 0.3) is 27.7 Å². The van der Waals surface area contributed by atoms with E-state index in [-0.39, 0.29) is 11.6 Å². The number of hydrogen-bond donors (Lipinski definition) is 1. The monoisotopic (exact) mass is 545 g/mol. The van der Waals surface area contributed by atoms with E-state index in [0.29, 0.717) is 17.4 Å². The third kappa shape index (κ3) is 4.35. The van der Waals surface area contributed by atoms with Crippen LogP contribution in [0.5, 0.6) is 5.75 Å². The van der Waals surface area contributed by atoms with E-state index in [1.807, 2.05) is 55.7 Å². The van der Waals surface area contributed by atoms with E-state index >= 15 is 0 Å². The average Bonchev–Trinajstić information content (AvgIpc) is 3.57. The van der Waals surface area contributed by atoms with Gasteiger partial charge in [-0.3, -0.25) is 9.78 Å². The molecule has 40 heavy (non-hydrogen) atoms. The fourth-order valence-electron chi connectivity index (χ4n) is 5.67. The van der Waals surface area contributed by atoms with Crippen molar-refractivity contribution in [3.05, 3.63) is 90.0 Å². The molecule has 3 aromatic heterocycles. The van der Waals surface area contributed by atoms with Crippen molar-refractivity contribution < 1.29 is 9.53 Å². The maximum atomic E-state index is 13.8. The van der Waals surface area contributed by atoms with Gasteiger partial charge in [0.05, 0.1) is 27.0 Å². The number of amides is 1. The summed E-state index contributed by atoms with van der Waals surface area (Å²) in [4.78, 5) is 25.0. The van der Waals surface area contributed by atoms with Crippen LogP contribution >= 0.6 is 0 Å². The Hall–Kier alpha value is -4.08. The van der Waals surface area contributed by atoms with E-state index in [4.69, 9.17) is 4.74 Å². The van der Waals surface area contributed by atoms with Crippen LogP contribution in [0, 0.1) is 6.92 Å². The molecule has 4 heterocycles. The highest BCUT2D eigenvalue weighted by Crippen LogP contribution is 2.49. The zero-order valence-corrected chi connectivity index (χ0v) is 23.5. The second-order valence-corrected chi connectivity index (χ2v) is 11.5. The van der Waals surface area contributed by atoms with Crippen molar-refractivity contribution in [2.45, 2.75) is 43.5 Å². The van der Waals surface area contributed by atoms with E-state index in [2.05, 4.69) is 60.8 Å². The van der Waals surface area contributed by atoms with Crippen molar-refractivity contribution in [1.82, 2.24) is 29.8 Å². The van der Waals surface area contributed by atoms with Gasteiger partial charge >= 0.3 is 0 Å². The minimum absolute atomic E-state index is 0.0989. The number of likely N-dealkylation sites (N-methyl/N-ethyl adjacent to an activating group) is 1. The van der Waals surface area contributed by atoms with E-state index in [1.54, 1.807) is 10.8 Å². The third-order valence-corrected chi connectivity index (χ3v) is 8.86. The van der Waals surface area contributed by atoms with Gasteiger partial charge in [0, 0.05) is 34.9 Å². The Bertz CT molecular complexity index is 1760. The van der Waals surface area contributed by atoms with Gasteiger partial charge in [-0.15, -0.1) is 0 Å². The molecule has 8 nitrogen and oxygen atoms in total. The number of carbonyl (C=O) groups is 1. The molecule has 1 saturated carbocycles. The molecule has 1 aliphatic carbocycles. The third-order valence-electron chi connectivity index (χ3n) is 8.36. The number of benzene rings is 2. The normalized spacial score (nSPS) is 18.8. The lowest BCUT2D eigenvalue weighted by Crippen LogP contribution is -2.53. The fraction of sp³-hybridized carbons (Fsp3) is 0.290. The van der Waals surface area contributed by atoms with Crippen LogP contribution < -0.4 is 10.1 Å². The predicted molar refractivity (Wildman–Crippen MR) is 154 cm³/mol. The van der Waals surface area contributed by atoms with Crippen LogP contribution in [0.1, 0.15) is 40.7 Å². The summed E-state index contributed by atoms with van der Waals surface area (Å²) in [5.41, 5.74) is 5.75. The molecule has 7 rings (SSSR count). The van der Waals surface area contributed by atoms with Crippen LogP contribution in [0.15, 0.2) is 73.3 Å². The minimum Gasteiger partial charge on any atom is -0.493 e. The van der Waals surface area contributed by atoms with Crippen molar-refractivity contribution in [2.75, 3.05) is 13.6 Å². The second-order valence-electron chi connectivity index (χ2n) is 11.0. The zero-order chi connectivity index (χ0) is 27.4. The molecule has 0 bridgehead atoms. The molecule has 2 atom stereocenters. The van der Waals surface area contributed by atoms with Crippen molar-refractivity contribution in [1.29, 1.82) is 0 Å². The van der Waals surface area contributed by atoms with E-state index in [1.165, 1.54) is 0 Å². The van der Waals surface area contributed by atoms with Crippen LogP contribution in [0.3, 0.4) is 0 Å². The molecular formula is C31H29N6O2Si. The highest BCUT2D eigenvalue weighted by molar-refractivity contribution is 6.11. The van der Waals surface area contributed by atoms with Gasteiger partial charge in [0.2, 0.25) is 0 Å². The Morgan fingerprint density at radius 1 is 1.12 bits per heavy atom. The number of aryl methyl sites for hydroxylation is 1. The number of hydrogen-bond acceptors (Lipinski definition) is 6. The Morgan fingerprint density at radius 3 is 2.77 bits per heavy atom. The van der Waals surface area contributed by atoms with E-state index in [0.717, 1.165) is 64.6 Å². The van der Waals surface area contributed by atoms with Crippen molar-refractivity contribution >= 4 is 32.7 Å². The fourth-order valence-corrected chi connectivity index (χ4v) is 6.22. The molecule has 0 spiro atoms. The van der Waals surface area contributed by atoms with Gasteiger partial charge in [-0.2, -0.15) is 5.10 Å². The summed E-state index contributed by atoms with van der Waals surface area (Å²) in [6.07, 6.45) is 8.14. The first-order valence-corrected chi connectivity index (χ1v) is 14.2. The standard InChI is InChI=1S/C31H29N6O2Si/c1-19-5-7-22(39-30(40)27-9-13-36(27)2)16-24(19)29(38)35-31(10-11-31)25-14-21(15-26-23(25)4-3-12-32-26)20-6-8-28-33-18-34-37(28)17-20/h3-8,12,14-18,27,30H,9-11,13H2,1-2H3,(H,35,38)/t27-,30?/m0/s1. The Morgan fingerprint density at radius 2 is 2.00 bits per heavy atom. The number of nitrogens with one attached hydrogen (secondary N) is 1. The molecule has 2 fully saturated rings. The SMILES string of the molecule is Cc1ccc(OC([Si])[C@@H]2CCN2C)cc1C(=O)NC1(c2cc(-c3ccc4ncnn4c3)cc3ncccc23)CC1. The molecule has 5 aromatic rings. The van der Waals surface area contributed by atoms with Crippen molar-refractivity contribution in [3.63, 3.8) is 0 Å². The van der Waals surface area contributed by atoms with E-state index in [9.17, 15) is 4.79 Å². The molecule has 9 heteroatoms. The first kappa shape index (κ1) is 24.9. The molecular weight excluding hydrogens is 516 g/mol. The number of rotatable bonds is 7. The highest BCUT2D eigenvalue weighted by Gasteiger charge is 2.47. The number of pyridine rings is 2. The Labute approximate surface area is 235 Å². The lowest BCUT2D eigenvalue weighted by Gasteiger charge is -2.41. The van der Waals surface area contributed by atoms with Crippen LogP contribution in [-0.2, 0) is 5.54 Å². The average molecular weight is 546 g/mol. The summed E-state index contributed by atoms with van der Waals surface area (Å²) in [6.45, 7) is 3.03. The van der Waals surface area contributed by atoms with Gasteiger partial charge in [0.1, 0.15) is 12.1 Å². The van der Waals surface area contributed by atoms with Gasteiger partial charge in [-0.25, -0.2) is 9.50 Å². The molecule has 199 valence electrons. The van der Waals surface area contributed by atoms with Gasteiger partial charge < -0.3 is 15.0 Å². The summed E-state index contributed by atoms with van der Waals surface area (Å²) in [7, 11) is 5.83. The maximum absolute atomic E-state index is 13.8. The molecule has 1 amide bonds. The van der Waals surface area contributed by atoms with Crippen molar-refractivity contribution in [2.24, 2.45) is 0 Å².